The van der Waals surface area contributed by atoms with Crippen molar-refractivity contribution in [3.05, 3.63) is 18.2 Å². The third-order valence-electron chi connectivity index (χ3n) is 2.63. The summed E-state index contributed by atoms with van der Waals surface area (Å²) >= 11 is 0. The lowest BCUT2D eigenvalue weighted by molar-refractivity contribution is -0.123. The largest absolute Gasteiger partial charge is 0.349 e. The van der Waals surface area contributed by atoms with E-state index in [2.05, 4.69) is 20.6 Å². The zero-order valence-corrected chi connectivity index (χ0v) is 8.62. The third kappa shape index (κ3) is 2.79. The number of nitrogens with one attached hydrogen (secondary N) is 3. The second kappa shape index (κ2) is 4.93. The Labute approximate surface area is 88.7 Å². The lowest BCUT2D eigenvalue weighted by atomic mass is 10.0. The molecule has 0 unspecified atom stereocenters. The quantitative estimate of drug-likeness (QED) is 0.663. The summed E-state index contributed by atoms with van der Waals surface area (Å²) in [5, 5.41) is 6.09. The van der Waals surface area contributed by atoms with Gasteiger partial charge in [0.25, 0.3) is 0 Å². The SMILES string of the molecule is O=C(NCc1cnc[nH]1)[C@H]1CCCCN1. The van der Waals surface area contributed by atoms with Crippen LogP contribution in [0.15, 0.2) is 12.5 Å². The summed E-state index contributed by atoms with van der Waals surface area (Å²) in [6.07, 6.45) is 6.57. The van der Waals surface area contributed by atoms with Crippen molar-refractivity contribution in [2.24, 2.45) is 0 Å². The van der Waals surface area contributed by atoms with Crippen LogP contribution in [0.3, 0.4) is 0 Å². The Balaban J connectivity index is 1.76. The molecule has 1 saturated heterocycles. The molecule has 0 radical (unpaired) electrons. The second-order valence-electron chi connectivity index (χ2n) is 3.80. The van der Waals surface area contributed by atoms with Crippen molar-refractivity contribution in [1.29, 1.82) is 0 Å². The molecule has 1 aromatic heterocycles. The zero-order chi connectivity index (χ0) is 10.5. The lowest BCUT2D eigenvalue weighted by Crippen LogP contribution is -2.46. The summed E-state index contributed by atoms with van der Waals surface area (Å²) < 4.78 is 0. The van der Waals surface area contributed by atoms with Crippen LogP contribution in [0.5, 0.6) is 0 Å². The molecule has 0 aromatic carbocycles. The number of nitrogens with zero attached hydrogens (tertiary/aromatic N) is 1. The minimum Gasteiger partial charge on any atom is -0.349 e. The van der Waals surface area contributed by atoms with Crippen molar-refractivity contribution in [3.8, 4) is 0 Å². The van der Waals surface area contributed by atoms with E-state index in [4.69, 9.17) is 0 Å². The van der Waals surface area contributed by atoms with Gasteiger partial charge in [-0.2, -0.15) is 0 Å². The summed E-state index contributed by atoms with van der Waals surface area (Å²) in [4.78, 5) is 18.5. The molecule has 1 atom stereocenters. The number of piperidine rings is 1. The van der Waals surface area contributed by atoms with Crippen LogP contribution in [0.25, 0.3) is 0 Å². The van der Waals surface area contributed by atoms with Crippen LogP contribution in [0, 0.1) is 0 Å². The summed E-state index contributed by atoms with van der Waals surface area (Å²) in [6.45, 7) is 1.47. The number of hydrogen-bond donors (Lipinski definition) is 3. The van der Waals surface area contributed by atoms with Crippen molar-refractivity contribution in [1.82, 2.24) is 20.6 Å². The fourth-order valence-electron chi connectivity index (χ4n) is 1.76. The molecule has 2 rings (SSSR count). The van der Waals surface area contributed by atoms with Gasteiger partial charge in [-0.15, -0.1) is 0 Å². The van der Waals surface area contributed by atoms with E-state index in [1.165, 1.54) is 6.42 Å². The molecule has 5 heteroatoms. The smallest absolute Gasteiger partial charge is 0.237 e. The number of aromatic nitrogens is 2. The van der Waals surface area contributed by atoms with Crippen LogP contribution < -0.4 is 10.6 Å². The van der Waals surface area contributed by atoms with Crippen LogP contribution in [-0.2, 0) is 11.3 Å². The summed E-state index contributed by atoms with van der Waals surface area (Å²) in [5.41, 5.74) is 0.930. The highest BCUT2D eigenvalue weighted by molar-refractivity contribution is 5.81. The predicted molar refractivity (Wildman–Crippen MR) is 56.1 cm³/mol. The summed E-state index contributed by atoms with van der Waals surface area (Å²) in [7, 11) is 0. The van der Waals surface area contributed by atoms with Gasteiger partial charge in [-0.1, -0.05) is 6.42 Å². The third-order valence-corrected chi connectivity index (χ3v) is 2.63. The first kappa shape index (κ1) is 10.2. The van der Waals surface area contributed by atoms with Crippen molar-refractivity contribution < 1.29 is 4.79 Å². The number of imidazole rings is 1. The second-order valence-corrected chi connectivity index (χ2v) is 3.80. The zero-order valence-electron chi connectivity index (χ0n) is 8.62. The minimum absolute atomic E-state index is 0.0123. The van der Waals surface area contributed by atoms with Gasteiger partial charge in [-0.3, -0.25) is 4.79 Å². The average molecular weight is 208 g/mol. The molecule has 2 heterocycles. The van der Waals surface area contributed by atoms with E-state index < -0.39 is 0 Å². The average Bonchev–Trinajstić information content (AvgIpc) is 2.80. The van der Waals surface area contributed by atoms with Crippen LogP contribution in [0.4, 0.5) is 0 Å². The van der Waals surface area contributed by atoms with Crippen LogP contribution in [-0.4, -0.2) is 28.5 Å². The number of aromatic amines is 1. The molecule has 3 N–H and O–H groups in total. The molecule has 82 valence electrons. The number of carbonyl (C=O) groups excluding carboxylic acids is 1. The van der Waals surface area contributed by atoms with Crippen LogP contribution >= 0.6 is 0 Å². The normalized spacial score (nSPS) is 21.2. The first-order valence-corrected chi connectivity index (χ1v) is 5.34. The minimum atomic E-state index is -0.0123. The van der Waals surface area contributed by atoms with E-state index in [0.717, 1.165) is 25.1 Å². The van der Waals surface area contributed by atoms with Crippen molar-refractivity contribution in [2.45, 2.75) is 31.8 Å². The monoisotopic (exact) mass is 208 g/mol. The maximum absolute atomic E-state index is 11.7. The molecule has 0 bridgehead atoms. The van der Waals surface area contributed by atoms with Gasteiger partial charge in [0.2, 0.25) is 5.91 Å². The Morgan fingerprint density at radius 2 is 2.53 bits per heavy atom. The molecule has 5 nitrogen and oxygen atoms in total. The molecule has 0 saturated carbocycles. The van der Waals surface area contributed by atoms with Gasteiger partial charge in [0.1, 0.15) is 0 Å². The van der Waals surface area contributed by atoms with E-state index in [1.54, 1.807) is 12.5 Å². The predicted octanol–water partition coefficient (Wildman–Crippen LogP) is 0.168. The molecule has 1 fully saturated rings. The highest BCUT2D eigenvalue weighted by atomic mass is 16.2. The summed E-state index contributed by atoms with van der Waals surface area (Å²) in [6, 6.07) is -0.0123. The van der Waals surface area contributed by atoms with E-state index in [1.807, 2.05) is 0 Å². The van der Waals surface area contributed by atoms with Crippen LogP contribution in [0.1, 0.15) is 25.0 Å². The number of H-pyrrole nitrogens is 1. The Morgan fingerprint density at radius 3 is 3.20 bits per heavy atom. The van der Waals surface area contributed by atoms with E-state index in [0.29, 0.717) is 6.54 Å². The Kier molecular flexibility index (Phi) is 3.34. The maximum Gasteiger partial charge on any atom is 0.237 e. The first-order chi connectivity index (χ1) is 7.36. The maximum atomic E-state index is 11.7. The fraction of sp³-hybridized carbons (Fsp3) is 0.600. The highest BCUT2D eigenvalue weighted by Crippen LogP contribution is 2.06. The van der Waals surface area contributed by atoms with E-state index in [9.17, 15) is 4.79 Å². The van der Waals surface area contributed by atoms with Gasteiger partial charge in [0.15, 0.2) is 0 Å². The standard InChI is InChI=1S/C10H16N4O/c15-10(9-3-1-2-4-12-9)13-6-8-5-11-7-14-8/h5,7,9,12H,1-4,6H2,(H,11,14)(H,13,15)/t9-/m1/s1. The van der Waals surface area contributed by atoms with Gasteiger partial charge >= 0.3 is 0 Å². The molecular formula is C10H16N4O. The Morgan fingerprint density at radius 1 is 1.60 bits per heavy atom. The number of hydrogen-bond acceptors (Lipinski definition) is 3. The number of rotatable bonds is 3. The van der Waals surface area contributed by atoms with Crippen LogP contribution in [0.2, 0.25) is 0 Å². The molecule has 1 aliphatic rings. The topological polar surface area (TPSA) is 69.8 Å². The van der Waals surface area contributed by atoms with E-state index in [-0.39, 0.29) is 11.9 Å². The van der Waals surface area contributed by atoms with Gasteiger partial charge in [-0.25, -0.2) is 4.98 Å². The van der Waals surface area contributed by atoms with Crippen molar-refractivity contribution in [2.75, 3.05) is 6.54 Å². The highest BCUT2D eigenvalue weighted by Gasteiger charge is 2.19. The van der Waals surface area contributed by atoms with Gasteiger partial charge in [0, 0.05) is 6.20 Å². The Hall–Kier alpha value is -1.36. The Bertz CT molecular complexity index is 303. The molecule has 0 spiro atoms. The van der Waals surface area contributed by atoms with E-state index >= 15 is 0 Å². The van der Waals surface area contributed by atoms with Gasteiger partial charge < -0.3 is 15.6 Å². The lowest BCUT2D eigenvalue weighted by Gasteiger charge is -2.22. The van der Waals surface area contributed by atoms with Gasteiger partial charge in [-0.05, 0) is 19.4 Å². The van der Waals surface area contributed by atoms with Gasteiger partial charge in [0.05, 0.1) is 24.6 Å². The van der Waals surface area contributed by atoms with Crippen molar-refractivity contribution >= 4 is 5.91 Å². The number of carbonyl (C=O) groups is 1. The first-order valence-electron chi connectivity index (χ1n) is 5.34. The molecular weight excluding hydrogens is 192 g/mol. The molecule has 1 amide bonds. The molecule has 1 aromatic rings. The molecule has 1 aliphatic heterocycles. The fourth-order valence-corrected chi connectivity index (χ4v) is 1.76. The summed E-state index contributed by atoms with van der Waals surface area (Å²) in [5.74, 6) is 0.0873. The molecule has 0 aliphatic carbocycles. The molecule has 15 heavy (non-hydrogen) atoms. The number of amides is 1. The van der Waals surface area contributed by atoms with Crippen molar-refractivity contribution in [3.63, 3.8) is 0 Å².